The van der Waals surface area contributed by atoms with Gasteiger partial charge in [-0.05, 0) is 13.3 Å². The lowest BCUT2D eigenvalue weighted by molar-refractivity contribution is -0.137. The summed E-state index contributed by atoms with van der Waals surface area (Å²) in [5.41, 5.74) is 0.959. The van der Waals surface area contributed by atoms with Gasteiger partial charge in [-0.15, -0.1) is 5.10 Å². The number of carboxylic acids is 1. The highest BCUT2D eigenvalue weighted by atomic mass is 16.4. The molecule has 0 aromatic carbocycles. The van der Waals surface area contributed by atoms with E-state index in [1.165, 1.54) is 0 Å². The average Bonchev–Trinajstić information content (AvgIpc) is 2.36. The second-order valence-corrected chi connectivity index (χ2v) is 2.60. The van der Waals surface area contributed by atoms with Gasteiger partial charge in [0, 0.05) is 13.0 Å². The summed E-state index contributed by atoms with van der Waals surface area (Å²) in [5.74, 6) is -0.771. The summed E-state index contributed by atoms with van der Waals surface area (Å²) in [4.78, 5) is 10.2. The molecule has 0 aliphatic rings. The van der Waals surface area contributed by atoms with Gasteiger partial charge in [0.05, 0.1) is 11.9 Å². The van der Waals surface area contributed by atoms with Crippen LogP contribution in [-0.4, -0.2) is 26.1 Å². The fourth-order valence-electron chi connectivity index (χ4n) is 0.910. The van der Waals surface area contributed by atoms with Crippen LogP contribution in [0.25, 0.3) is 0 Å². The predicted molar refractivity (Wildman–Crippen MR) is 41.6 cm³/mol. The highest BCUT2D eigenvalue weighted by Crippen LogP contribution is 1.97. The Hall–Kier alpha value is -1.39. The van der Waals surface area contributed by atoms with E-state index in [9.17, 15) is 4.79 Å². The predicted octanol–water partition coefficient (Wildman–Crippen LogP) is 0.451. The van der Waals surface area contributed by atoms with Crippen molar-refractivity contribution in [3.05, 3.63) is 11.9 Å². The van der Waals surface area contributed by atoms with E-state index in [1.54, 1.807) is 10.9 Å². The average molecular weight is 169 g/mol. The molecule has 1 rings (SSSR count). The maximum atomic E-state index is 10.2. The number of aryl methyl sites for hydroxylation is 2. The van der Waals surface area contributed by atoms with Crippen LogP contribution in [0.1, 0.15) is 18.5 Å². The summed E-state index contributed by atoms with van der Waals surface area (Å²) in [7, 11) is 0. The first-order valence-corrected chi connectivity index (χ1v) is 3.77. The number of rotatable bonds is 4. The van der Waals surface area contributed by atoms with Crippen molar-refractivity contribution in [1.82, 2.24) is 15.0 Å². The van der Waals surface area contributed by atoms with Crippen molar-refractivity contribution in [2.45, 2.75) is 26.3 Å². The minimum absolute atomic E-state index is 0.180. The molecule has 1 aromatic rings. The molecule has 0 atom stereocenters. The Kier molecular flexibility index (Phi) is 2.79. The number of hydrogen-bond donors (Lipinski definition) is 1. The van der Waals surface area contributed by atoms with Crippen LogP contribution in [0.15, 0.2) is 6.20 Å². The van der Waals surface area contributed by atoms with E-state index in [-0.39, 0.29) is 6.42 Å². The van der Waals surface area contributed by atoms with Crippen LogP contribution >= 0.6 is 0 Å². The van der Waals surface area contributed by atoms with E-state index < -0.39 is 5.97 Å². The lowest BCUT2D eigenvalue weighted by Crippen LogP contribution is -2.05. The zero-order valence-electron chi connectivity index (χ0n) is 6.90. The molecule has 0 amide bonds. The molecule has 0 saturated carbocycles. The number of aromatic nitrogens is 3. The summed E-state index contributed by atoms with van der Waals surface area (Å²) in [6.45, 7) is 2.51. The Morgan fingerprint density at radius 3 is 3.00 bits per heavy atom. The monoisotopic (exact) mass is 169 g/mol. The van der Waals surface area contributed by atoms with E-state index in [2.05, 4.69) is 10.3 Å². The molecule has 0 unspecified atom stereocenters. The lowest BCUT2D eigenvalue weighted by atomic mass is 10.3. The van der Waals surface area contributed by atoms with E-state index >= 15 is 0 Å². The van der Waals surface area contributed by atoms with Crippen molar-refractivity contribution >= 4 is 5.97 Å². The Morgan fingerprint density at radius 1 is 1.75 bits per heavy atom. The summed E-state index contributed by atoms with van der Waals surface area (Å²) in [5, 5.41) is 15.8. The molecule has 5 nitrogen and oxygen atoms in total. The van der Waals surface area contributed by atoms with E-state index in [1.807, 2.05) is 6.92 Å². The van der Waals surface area contributed by atoms with Gasteiger partial charge in [-0.2, -0.15) is 0 Å². The van der Waals surface area contributed by atoms with Crippen molar-refractivity contribution in [1.29, 1.82) is 0 Å². The van der Waals surface area contributed by atoms with Crippen LogP contribution in [0.4, 0.5) is 0 Å². The molecule has 0 aliphatic heterocycles. The molecule has 0 spiro atoms. The standard InChI is InChI=1S/C7H11N3O2/c1-6-5-8-9-10(6)4-2-3-7(11)12/h5H,2-4H2,1H3,(H,11,12). The van der Waals surface area contributed by atoms with Crippen LogP contribution in [0, 0.1) is 6.92 Å². The summed E-state index contributed by atoms with van der Waals surface area (Å²) < 4.78 is 1.70. The minimum Gasteiger partial charge on any atom is -0.481 e. The number of aliphatic carboxylic acids is 1. The molecule has 0 fully saturated rings. The SMILES string of the molecule is Cc1cnnn1CCCC(=O)O. The molecule has 0 bridgehead atoms. The molecular weight excluding hydrogens is 158 g/mol. The molecule has 0 radical (unpaired) electrons. The highest BCUT2D eigenvalue weighted by Gasteiger charge is 2.00. The normalized spacial score (nSPS) is 10.1. The third kappa shape index (κ3) is 2.34. The number of nitrogens with zero attached hydrogens (tertiary/aromatic N) is 3. The third-order valence-electron chi connectivity index (χ3n) is 1.57. The fraction of sp³-hybridized carbons (Fsp3) is 0.571. The molecule has 1 aromatic heterocycles. The smallest absolute Gasteiger partial charge is 0.303 e. The number of carboxylic acid groups (broad SMARTS) is 1. The molecule has 0 aliphatic carbocycles. The second-order valence-electron chi connectivity index (χ2n) is 2.60. The molecule has 0 saturated heterocycles. The van der Waals surface area contributed by atoms with Crippen LogP contribution < -0.4 is 0 Å². The van der Waals surface area contributed by atoms with Gasteiger partial charge in [0.25, 0.3) is 0 Å². The van der Waals surface area contributed by atoms with Gasteiger partial charge in [0.1, 0.15) is 0 Å². The highest BCUT2D eigenvalue weighted by molar-refractivity contribution is 5.66. The zero-order chi connectivity index (χ0) is 8.97. The first-order chi connectivity index (χ1) is 5.70. The largest absolute Gasteiger partial charge is 0.481 e. The van der Waals surface area contributed by atoms with Gasteiger partial charge in [0.15, 0.2) is 0 Å². The number of hydrogen-bond acceptors (Lipinski definition) is 3. The zero-order valence-corrected chi connectivity index (χ0v) is 6.90. The van der Waals surface area contributed by atoms with E-state index in [0.29, 0.717) is 13.0 Å². The van der Waals surface area contributed by atoms with Crippen LogP contribution in [0.5, 0.6) is 0 Å². The molecule has 66 valence electrons. The lowest BCUT2D eigenvalue weighted by Gasteiger charge is -1.99. The number of carbonyl (C=O) groups is 1. The Labute approximate surface area is 70.0 Å². The summed E-state index contributed by atoms with van der Waals surface area (Å²) in [6, 6.07) is 0. The fourth-order valence-corrected chi connectivity index (χ4v) is 0.910. The van der Waals surface area contributed by atoms with Crippen LogP contribution in [0.3, 0.4) is 0 Å². The molecule has 12 heavy (non-hydrogen) atoms. The van der Waals surface area contributed by atoms with Crippen molar-refractivity contribution in [2.75, 3.05) is 0 Å². The molecule has 1 heterocycles. The van der Waals surface area contributed by atoms with E-state index in [0.717, 1.165) is 5.69 Å². The van der Waals surface area contributed by atoms with Crippen LogP contribution in [0.2, 0.25) is 0 Å². The summed E-state index contributed by atoms with van der Waals surface area (Å²) >= 11 is 0. The maximum Gasteiger partial charge on any atom is 0.303 e. The molecule has 5 heteroatoms. The van der Waals surface area contributed by atoms with Gasteiger partial charge < -0.3 is 5.11 Å². The van der Waals surface area contributed by atoms with Gasteiger partial charge >= 0.3 is 5.97 Å². The quantitative estimate of drug-likeness (QED) is 0.710. The van der Waals surface area contributed by atoms with E-state index in [4.69, 9.17) is 5.11 Å². The van der Waals surface area contributed by atoms with Crippen LogP contribution in [-0.2, 0) is 11.3 Å². The molecular formula is C7H11N3O2. The van der Waals surface area contributed by atoms with Gasteiger partial charge in [0.2, 0.25) is 0 Å². The van der Waals surface area contributed by atoms with Crippen molar-refractivity contribution < 1.29 is 9.90 Å². The second kappa shape index (κ2) is 3.85. The van der Waals surface area contributed by atoms with Gasteiger partial charge in [-0.25, -0.2) is 4.68 Å². The first kappa shape index (κ1) is 8.70. The Bertz CT molecular complexity index is 269. The Balaban J connectivity index is 2.33. The minimum atomic E-state index is -0.771. The first-order valence-electron chi connectivity index (χ1n) is 3.77. The maximum absolute atomic E-state index is 10.2. The Morgan fingerprint density at radius 2 is 2.50 bits per heavy atom. The summed E-state index contributed by atoms with van der Waals surface area (Å²) in [6.07, 6.45) is 2.43. The molecule has 1 N–H and O–H groups in total. The van der Waals surface area contributed by atoms with Gasteiger partial charge in [-0.3, -0.25) is 4.79 Å². The van der Waals surface area contributed by atoms with Crippen molar-refractivity contribution in [2.24, 2.45) is 0 Å². The topological polar surface area (TPSA) is 68.0 Å². The van der Waals surface area contributed by atoms with Crippen molar-refractivity contribution in [3.8, 4) is 0 Å². The van der Waals surface area contributed by atoms with Gasteiger partial charge in [-0.1, -0.05) is 5.21 Å². The van der Waals surface area contributed by atoms with Crippen molar-refractivity contribution in [3.63, 3.8) is 0 Å². The third-order valence-corrected chi connectivity index (χ3v) is 1.57.